The zero-order valence-corrected chi connectivity index (χ0v) is 11.0. The lowest BCUT2D eigenvalue weighted by molar-refractivity contribution is -0.121. The molecule has 0 spiro atoms. The molecule has 0 radical (unpaired) electrons. The summed E-state index contributed by atoms with van der Waals surface area (Å²) in [6.07, 6.45) is 1.05. The Labute approximate surface area is 108 Å². The topological polar surface area (TPSA) is 58.6 Å². The summed E-state index contributed by atoms with van der Waals surface area (Å²) in [6.45, 7) is 4.47. The first-order valence-electron chi connectivity index (χ1n) is 6.31. The highest BCUT2D eigenvalue weighted by Crippen LogP contribution is 2.12. The number of benzene rings is 1. The molecule has 0 bridgehead atoms. The highest BCUT2D eigenvalue weighted by molar-refractivity contribution is 5.78. The van der Waals surface area contributed by atoms with Crippen LogP contribution in [0.5, 0.6) is 5.75 Å². The Hall–Kier alpha value is -1.55. The van der Waals surface area contributed by atoms with Crippen LogP contribution in [0.15, 0.2) is 24.3 Å². The molecule has 0 aliphatic carbocycles. The van der Waals surface area contributed by atoms with Crippen molar-refractivity contribution in [1.29, 1.82) is 0 Å². The van der Waals surface area contributed by atoms with Crippen molar-refractivity contribution in [3.8, 4) is 5.75 Å². The van der Waals surface area contributed by atoms with Gasteiger partial charge in [0.2, 0.25) is 5.91 Å². The molecule has 0 heterocycles. The van der Waals surface area contributed by atoms with E-state index < -0.39 is 0 Å². The summed E-state index contributed by atoms with van der Waals surface area (Å²) in [5.41, 5.74) is 0.934. The summed E-state index contributed by atoms with van der Waals surface area (Å²) in [5, 5.41) is 11.8. The molecule has 0 saturated heterocycles. The summed E-state index contributed by atoms with van der Waals surface area (Å²) in [7, 11) is 0. The van der Waals surface area contributed by atoms with E-state index in [0.29, 0.717) is 13.0 Å². The van der Waals surface area contributed by atoms with Crippen LogP contribution in [0.25, 0.3) is 0 Å². The summed E-state index contributed by atoms with van der Waals surface area (Å²) < 4.78 is 5.33. The summed E-state index contributed by atoms with van der Waals surface area (Å²) in [6, 6.07) is 7.32. The lowest BCUT2D eigenvalue weighted by Crippen LogP contribution is -2.37. The van der Waals surface area contributed by atoms with Crippen molar-refractivity contribution in [2.75, 3.05) is 13.2 Å². The standard InChI is InChI=1S/C14H21NO3/c1-3-12(10-16)15-14(17)9-11-5-7-13(8-6-11)18-4-2/h5-8,12,16H,3-4,9-10H2,1-2H3,(H,15,17)/t12-/m0/s1. The molecule has 1 rings (SSSR count). The molecular formula is C14H21NO3. The normalized spacial score (nSPS) is 11.9. The minimum atomic E-state index is -0.153. The van der Waals surface area contributed by atoms with Crippen molar-refractivity contribution in [3.63, 3.8) is 0 Å². The lowest BCUT2D eigenvalue weighted by Gasteiger charge is -2.14. The fourth-order valence-electron chi connectivity index (χ4n) is 1.61. The Bertz CT molecular complexity index is 358. The van der Waals surface area contributed by atoms with Gasteiger partial charge in [0.15, 0.2) is 0 Å². The molecule has 1 atom stereocenters. The maximum Gasteiger partial charge on any atom is 0.224 e. The molecule has 0 saturated carbocycles. The number of aliphatic hydroxyl groups is 1. The monoisotopic (exact) mass is 251 g/mol. The van der Waals surface area contributed by atoms with Crippen molar-refractivity contribution >= 4 is 5.91 Å². The van der Waals surface area contributed by atoms with E-state index in [4.69, 9.17) is 9.84 Å². The summed E-state index contributed by atoms with van der Waals surface area (Å²) in [5.74, 6) is 0.739. The molecular weight excluding hydrogens is 230 g/mol. The number of ether oxygens (including phenoxy) is 1. The number of rotatable bonds is 7. The molecule has 1 amide bonds. The predicted molar refractivity (Wildman–Crippen MR) is 70.6 cm³/mol. The molecule has 0 fully saturated rings. The Morgan fingerprint density at radius 2 is 2.00 bits per heavy atom. The van der Waals surface area contributed by atoms with Crippen LogP contribution < -0.4 is 10.1 Å². The third-order valence-corrected chi connectivity index (χ3v) is 2.68. The van der Waals surface area contributed by atoms with E-state index in [-0.39, 0.29) is 18.6 Å². The van der Waals surface area contributed by atoms with E-state index in [1.165, 1.54) is 0 Å². The van der Waals surface area contributed by atoms with Gasteiger partial charge in [0, 0.05) is 0 Å². The maximum absolute atomic E-state index is 11.7. The van der Waals surface area contributed by atoms with Crippen LogP contribution in [-0.2, 0) is 11.2 Å². The van der Waals surface area contributed by atoms with Gasteiger partial charge in [-0.25, -0.2) is 0 Å². The van der Waals surface area contributed by atoms with E-state index in [9.17, 15) is 4.79 Å². The number of carbonyl (C=O) groups is 1. The van der Waals surface area contributed by atoms with E-state index in [1.807, 2.05) is 38.1 Å². The van der Waals surface area contributed by atoms with Crippen molar-refractivity contribution in [2.45, 2.75) is 32.7 Å². The molecule has 18 heavy (non-hydrogen) atoms. The molecule has 2 N–H and O–H groups in total. The van der Waals surface area contributed by atoms with Crippen LogP contribution in [0.3, 0.4) is 0 Å². The zero-order chi connectivity index (χ0) is 13.4. The van der Waals surface area contributed by atoms with E-state index in [0.717, 1.165) is 17.7 Å². The van der Waals surface area contributed by atoms with Gasteiger partial charge in [-0.1, -0.05) is 19.1 Å². The van der Waals surface area contributed by atoms with E-state index in [2.05, 4.69) is 5.32 Å². The van der Waals surface area contributed by atoms with Crippen LogP contribution in [0.1, 0.15) is 25.8 Å². The average Bonchev–Trinajstić information content (AvgIpc) is 2.38. The molecule has 1 aromatic rings. The average molecular weight is 251 g/mol. The second kappa shape index (κ2) is 7.71. The molecule has 0 aromatic heterocycles. The van der Waals surface area contributed by atoms with Crippen LogP contribution in [0.4, 0.5) is 0 Å². The molecule has 0 aliphatic heterocycles. The van der Waals surface area contributed by atoms with Crippen LogP contribution >= 0.6 is 0 Å². The Kier molecular flexibility index (Phi) is 6.22. The highest BCUT2D eigenvalue weighted by Gasteiger charge is 2.09. The molecule has 4 nitrogen and oxygen atoms in total. The third kappa shape index (κ3) is 4.75. The van der Waals surface area contributed by atoms with Gasteiger partial charge in [-0.3, -0.25) is 4.79 Å². The first kappa shape index (κ1) is 14.5. The number of nitrogens with one attached hydrogen (secondary N) is 1. The molecule has 0 unspecified atom stereocenters. The van der Waals surface area contributed by atoms with Gasteiger partial charge in [0.05, 0.1) is 25.7 Å². The summed E-state index contributed by atoms with van der Waals surface area (Å²) in [4.78, 5) is 11.7. The fraction of sp³-hybridized carbons (Fsp3) is 0.500. The smallest absolute Gasteiger partial charge is 0.224 e. The van der Waals surface area contributed by atoms with Gasteiger partial charge >= 0.3 is 0 Å². The number of hydrogen-bond donors (Lipinski definition) is 2. The van der Waals surface area contributed by atoms with Crippen molar-refractivity contribution in [3.05, 3.63) is 29.8 Å². The zero-order valence-electron chi connectivity index (χ0n) is 11.0. The Balaban J connectivity index is 2.48. The maximum atomic E-state index is 11.7. The van der Waals surface area contributed by atoms with Crippen molar-refractivity contribution in [1.82, 2.24) is 5.32 Å². The fourth-order valence-corrected chi connectivity index (χ4v) is 1.61. The number of carbonyl (C=O) groups excluding carboxylic acids is 1. The first-order chi connectivity index (χ1) is 8.69. The highest BCUT2D eigenvalue weighted by atomic mass is 16.5. The first-order valence-corrected chi connectivity index (χ1v) is 6.31. The van der Waals surface area contributed by atoms with Crippen LogP contribution in [0, 0.1) is 0 Å². The van der Waals surface area contributed by atoms with Gasteiger partial charge in [0.25, 0.3) is 0 Å². The largest absolute Gasteiger partial charge is 0.494 e. The molecule has 100 valence electrons. The summed E-state index contributed by atoms with van der Waals surface area (Å²) >= 11 is 0. The van der Waals surface area contributed by atoms with Gasteiger partial charge in [0.1, 0.15) is 5.75 Å². The van der Waals surface area contributed by atoms with Crippen molar-refractivity contribution < 1.29 is 14.6 Å². The second-order valence-corrected chi connectivity index (χ2v) is 4.11. The number of aliphatic hydroxyl groups excluding tert-OH is 1. The number of hydrogen-bond acceptors (Lipinski definition) is 3. The molecule has 1 aromatic carbocycles. The minimum absolute atomic E-state index is 0.0223. The SMILES string of the molecule is CCOc1ccc(CC(=O)N[C@@H](CC)CO)cc1. The number of amides is 1. The Morgan fingerprint density at radius 1 is 1.33 bits per heavy atom. The molecule has 4 heteroatoms. The van der Waals surface area contributed by atoms with Crippen molar-refractivity contribution in [2.24, 2.45) is 0 Å². The van der Waals surface area contributed by atoms with Gasteiger partial charge in [-0.2, -0.15) is 0 Å². The Morgan fingerprint density at radius 3 is 2.50 bits per heavy atom. The predicted octanol–water partition coefficient (Wildman–Crippen LogP) is 1.51. The third-order valence-electron chi connectivity index (χ3n) is 2.68. The quantitative estimate of drug-likeness (QED) is 0.772. The van der Waals surface area contributed by atoms with Crippen LogP contribution in [-0.4, -0.2) is 30.3 Å². The lowest BCUT2D eigenvalue weighted by atomic mass is 10.1. The minimum Gasteiger partial charge on any atom is -0.494 e. The van der Waals surface area contributed by atoms with Gasteiger partial charge in [-0.15, -0.1) is 0 Å². The van der Waals surface area contributed by atoms with Gasteiger partial charge in [-0.05, 0) is 31.0 Å². The van der Waals surface area contributed by atoms with Gasteiger partial charge < -0.3 is 15.2 Å². The molecule has 0 aliphatic rings. The van der Waals surface area contributed by atoms with Crippen LogP contribution in [0.2, 0.25) is 0 Å². The second-order valence-electron chi connectivity index (χ2n) is 4.11. The van der Waals surface area contributed by atoms with E-state index in [1.54, 1.807) is 0 Å². The van der Waals surface area contributed by atoms with E-state index >= 15 is 0 Å².